The number of aliphatic imine (C=N–C) groups is 1. The van der Waals surface area contributed by atoms with Crippen molar-refractivity contribution in [1.82, 2.24) is 0 Å². The zero-order valence-electron chi connectivity index (χ0n) is 8.51. The van der Waals surface area contributed by atoms with Crippen LogP contribution < -0.4 is 0 Å². The van der Waals surface area contributed by atoms with Gasteiger partial charge in [0, 0.05) is 16.2 Å². The first-order valence-electron chi connectivity index (χ1n) is 5.08. The predicted molar refractivity (Wildman–Crippen MR) is 66.6 cm³/mol. The van der Waals surface area contributed by atoms with E-state index in [9.17, 15) is 4.79 Å². The number of allylic oxidation sites excluding steroid dienone is 1. The number of carbonyl (C=O) groups excluding carboxylic acids is 1. The highest BCUT2D eigenvalue weighted by Gasteiger charge is 2.24. The summed E-state index contributed by atoms with van der Waals surface area (Å²) in [6, 6.07) is 9.80. The molecule has 1 aromatic rings. The summed E-state index contributed by atoms with van der Waals surface area (Å²) in [5, 5.41) is 0. The number of fused-ring (bicyclic) bond motifs is 1. The van der Waals surface area contributed by atoms with Crippen molar-refractivity contribution in [3.05, 3.63) is 58.5 Å². The van der Waals surface area contributed by atoms with Gasteiger partial charge in [0.15, 0.2) is 0 Å². The van der Waals surface area contributed by atoms with E-state index >= 15 is 0 Å². The molecule has 3 rings (SSSR count). The van der Waals surface area contributed by atoms with Crippen LogP contribution in [0.4, 0.5) is 0 Å². The van der Waals surface area contributed by atoms with Gasteiger partial charge in [0.1, 0.15) is 0 Å². The lowest BCUT2D eigenvalue weighted by Gasteiger charge is -2.10. The van der Waals surface area contributed by atoms with E-state index in [1.807, 2.05) is 42.5 Å². The van der Waals surface area contributed by atoms with Gasteiger partial charge in [-0.1, -0.05) is 36.4 Å². The second-order valence-corrected chi connectivity index (χ2v) is 4.67. The molecule has 0 aromatic heterocycles. The van der Waals surface area contributed by atoms with Gasteiger partial charge >= 0.3 is 0 Å². The van der Waals surface area contributed by atoms with Crippen LogP contribution in [0.5, 0.6) is 0 Å². The summed E-state index contributed by atoms with van der Waals surface area (Å²) in [5.74, 6) is 0.770. The average molecular weight is 227 g/mol. The average Bonchev–Trinajstić information content (AvgIpc) is 2.79. The van der Waals surface area contributed by atoms with Crippen molar-refractivity contribution >= 4 is 23.4 Å². The van der Waals surface area contributed by atoms with Gasteiger partial charge in [-0.05, 0) is 6.08 Å². The Labute approximate surface area is 97.8 Å². The number of benzene rings is 1. The van der Waals surface area contributed by atoms with E-state index in [0.717, 1.165) is 27.5 Å². The number of carbonyl (C=O) groups is 1. The van der Waals surface area contributed by atoms with Crippen LogP contribution in [0.25, 0.3) is 0 Å². The van der Waals surface area contributed by atoms with E-state index in [0.29, 0.717) is 0 Å². The van der Waals surface area contributed by atoms with Gasteiger partial charge in [0.2, 0.25) is 0 Å². The van der Waals surface area contributed by atoms with Crippen molar-refractivity contribution < 1.29 is 4.79 Å². The largest absolute Gasteiger partial charge is 0.278 e. The second-order valence-electron chi connectivity index (χ2n) is 3.61. The highest BCUT2D eigenvalue weighted by atomic mass is 32.2. The zero-order valence-corrected chi connectivity index (χ0v) is 9.33. The molecule has 0 saturated heterocycles. The molecule has 2 aliphatic heterocycles. The van der Waals surface area contributed by atoms with E-state index in [1.165, 1.54) is 0 Å². The molecule has 0 radical (unpaired) electrons. The fourth-order valence-electron chi connectivity index (χ4n) is 1.79. The van der Waals surface area contributed by atoms with Crippen molar-refractivity contribution in [3.63, 3.8) is 0 Å². The van der Waals surface area contributed by atoms with Crippen molar-refractivity contribution in [2.75, 3.05) is 5.75 Å². The molecular weight excluding hydrogens is 218 g/mol. The Morgan fingerprint density at radius 3 is 2.81 bits per heavy atom. The number of hydrogen-bond acceptors (Lipinski definition) is 2. The minimum atomic E-state index is -0.110. The molecule has 1 aromatic carbocycles. The molecule has 0 N–H and O–H groups in total. The third kappa shape index (κ3) is 1.53. The van der Waals surface area contributed by atoms with Crippen LogP contribution in [0.3, 0.4) is 0 Å². The summed E-state index contributed by atoms with van der Waals surface area (Å²) in [7, 11) is 0. The van der Waals surface area contributed by atoms with Gasteiger partial charge in [0.05, 0.1) is 11.3 Å². The number of dihydropyridines is 1. The molecular formula is C13H9NOS. The van der Waals surface area contributed by atoms with Gasteiger partial charge < -0.3 is 0 Å². The van der Waals surface area contributed by atoms with Crippen LogP contribution in [0, 0.1) is 0 Å². The van der Waals surface area contributed by atoms with Gasteiger partial charge in [-0.3, -0.25) is 4.79 Å². The van der Waals surface area contributed by atoms with Gasteiger partial charge in [-0.2, -0.15) is 0 Å². The Kier molecular flexibility index (Phi) is 2.26. The third-order valence-electron chi connectivity index (χ3n) is 2.58. The van der Waals surface area contributed by atoms with Crippen molar-refractivity contribution in [3.8, 4) is 0 Å². The van der Waals surface area contributed by atoms with Crippen LogP contribution in [-0.2, 0) is 4.79 Å². The standard InChI is InChI=1S/C13H9NOS/c15-13-10-6-7-16-12(10)8-11(14-13)9-4-2-1-3-5-9/h1-6,8H,7H2. The Balaban J connectivity index is 2.06. The van der Waals surface area contributed by atoms with E-state index in [-0.39, 0.29) is 5.91 Å². The van der Waals surface area contributed by atoms with Gasteiger partial charge in [0.25, 0.3) is 5.91 Å². The predicted octanol–water partition coefficient (Wildman–Crippen LogP) is 2.57. The van der Waals surface area contributed by atoms with E-state index in [4.69, 9.17) is 0 Å². The summed E-state index contributed by atoms with van der Waals surface area (Å²) < 4.78 is 0. The van der Waals surface area contributed by atoms with E-state index in [2.05, 4.69) is 4.99 Å². The topological polar surface area (TPSA) is 29.4 Å². The minimum absolute atomic E-state index is 0.110. The highest BCUT2D eigenvalue weighted by Crippen LogP contribution is 2.34. The number of amides is 1. The monoisotopic (exact) mass is 227 g/mol. The van der Waals surface area contributed by atoms with Gasteiger partial charge in [-0.15, -0.1) is 11.8 Å². The minimum Gasteiger partial charge on any atom is -0.267 e. The molecule has 0 fully saturated rings. The first-order chi connectivity index (χ1) is 7.84. The molecule has 2 heterocycles. The summed E-state index contributed by atoms with van der Waals surface area (Å²) in [6.07, 6.45) is 3.95. The molecule has 2 aliphatic rings. The first-order valence-corrected chi connectivity index (χ1v) is 6.06. The Morgan fingerprint density at radius 2 is 2.00 bits per heavy atom. The lowest BCUT2D eigenvalue weighted by atomic mass is 10.1. The smallest absolute Gasteiger partial charge is 0.267 e. The lowest BCUT2D eigenvalue weighted by Crippen LogP contribution is -2.11. The van der Waals surface area contributed by atoms with Crippen LogP contribution >= 0.6 is 11.8 Å². The molecule has 0 aliphatic carbocycles. The Morgan fingerprint density at radius 1 is 1.19 bits per heavy atom. The summed E-state index contributed by atoms with van der Waals surface area (Å²) in [4.78, 5) is 16.9. The number of thioether (sulfide) groups is 1. The quantitative estimate of drug-likeness (QED) is 0.738. The molecule has 0 bridgehead atoms. The van der Waals surface area contributed by atoms with E-state index < -0.39 is 0 Å². The molecule has 2 nitrogen and oxygen atoms in total. The highest BCUT2D eigenvalue weighted by molar-refractivity contribution is 8.03. The maximum absolute atomic E-state index is 11.7. The van der Waals surface area contributed by atoms with Crippen LogP contribution in [0.15, 0.2) is 58.0 Å². The van der Waals surface area contributed by atoms with Crippen molar-refractivity contribution in [2.24, 2.45) is 4.99 Å². The number of hydrogen-bond donors (Lipinski definition) is 0. The maximum atomic E-state index is 11.7. The Bertz CT molecular complexity index is 540. The van der Waals surface area contributed by atoms with Crippen LogP contribution in [-0.4, -0.2) is 17.4 Å². The fourth-order valence-corrected chi connectivity index (χ4v) is 2.74. The second kappa shape index (κ2) is 3.76. The van der Waals surface area contributed by atoms with Gasteiger partial charge in [-0.25, -0.2) is 4.99 Å². The molecule has 0 atom stereocenters. The Hall–Kier alpha value is -1.61. The normalized spacial score (nSPS) is 18.8. The van der Waals surface area contributed by atoms with Crippen LogP contribution in [0.2, 0.25) is 0 Å². The van der Waals surface area contributed by atoms with Crippen molar-refractivity contribution in [1.29, 1.82) is 0 Å². The zero-order chi connectivity index (χ0) is 11.0. The molecule has 16 heavy (non-hydrogen) atoms. The molecule has 78 valence electrons. The summed E-state index contributed by atoms with van der Waals surface area (Å²) in [5.41, 5.74) is 2.53. The third-order valence-corrected chi connectivity index (χ3v) is 3.56. The SMILES string of the molecule is O=C1N=C(c2ccccc2)C=C2SCC=C12. The summed E-state index contributed by atoms with van der Waals surface area (Å²) >= 11 is 1.70. The lowest BCUT2D eigenvalue weighted by molar-refractivity contribution is -0.114. The van der Waals surface area contributed by atoms with E-state index in [1.54, 1.807) is 11.8 Å². The van der Waals surface area contributed by atoms with Crippen LogP contribution in [0.1, 0.15) is 5.56 Å². The molecule has 1 amide bonds. The first kappa shape index (κ1) is 9.60. The molecule has 0 spiro atoms. The molecule has 3 heteroatoms. The summed E-state index contributed by atoms with van der Waals surface area (Å²) in [6.45, 7) is 0. The molecule has 0 unspecified atom stereocenters. The number of rotatable bonds is 1. The fraction of sp³-hybridized carbons (Fsp3) is 0.0769. The molecule has 0 saturated carbocycles. The maximum Gasteiger partial charge on any atom is 0.278 e. The number of nitrogens with zero attached hydrogens (tertiary/aromatic N) is 1. The van der Waals surface area contributed by atoms with Crippen molar-refractivity contribution in [2.45, 2.75) is 0 Å².